The van der Waals surface area contributed by atoms with Gasteiger partial charge in [0.15, 0.2) is 0 Å². The lowest BCUT2D eigenvalue weighted by atomic mass is 9.81. The molecule has 3 nitrogen and oxygen atoms in total. The molecule has 0 aromatic heterocycles. The van der Waals surface area contributed by atoms with Crippen molar-refractivity contribution in [2.24, 2.45) is 5.92 Å². The molecule has 2 fully saturated rings. The number of hydrogen-bond acceptors (Lipinski definition) is 3. The number of benzene rings is 1. The molecule has 96 valence electrons. The molecule has 0 unspecified atom stereocenters. The molecule has 0 radical (unpaired) electrons. The standard InChI is InChI=1S/C15H18O3/c1-10-7-8-12-13(17-10)9-14(16)18-15(12)11-5-3-2-4-6-11/h2-6,10,12-13,15H,7-9H2,1H3/t10-,12-,13+,15+/m1/s1. The third-order valence-corrected chi connectivity index (χ3v) is 3.93. The van der Waals surface area contributed by atoms with Crippen LogP contribution in [0.3, 0.4) is 0 Å². The Labute approximate surface area is 107 Å². The molecule has 1 aromatic carbocycles. The Morgan fingerprint density at radius 1 is 1.17 bits per heavy atom. The second kappa shape index (κ2) is 4.73. The fourth-order valence-corrected chi connectivity index (χ4v) is 3.03. The number of carbonyl (C=O) groups excluding carboxylic acids is 1. The van der Waals surface area contributed by atoms with E-state index < -0.39 is 0 Å². The summed E-state index contributed by atoms with van der Waals surface area (Å²) in [6.07, 6.45) is 2.66. The van der Waals surface area contributed by atoms with Crippen molar-refractivity contribution in [3.05, 3.63) is 35.9 Å². The van der Waals surface area contributed by atoms with Gasteiger partial charge in [0.2, 0.25) is 0 Å². The lowest BCUT2D eigenvalue weighted by Gasteiger charge is -2.42. The van der Waals surface area contributed by atoms with Crippen LogP contribution in [0.1, 0.15) is 37.9 Å². The summed E-state index contributed by atoms with van der Waals surface area (Å²) in [5.41, 5.74) is 1.08. The number of hydrogen-bond donors (Lipinski definition) is 0. The lowest BCUT2D eigenvalue weighted by molar-refractivity contribution is -0.188. The molecule has 0 spiro atoms. The van der Waals surface area contributed by atoms with Crippen LogP contribution in [0.15, 0.2) is 30.3 Å². The summed E-state index contributed by atoms with van der Waals surface area (Å²) >= 11 is 0. The average molecular weight is 246 g/mol. The number of fused-ring (bicyclic) bond motifs is 1. The Morgan fingerprint density at radius 3 is 2.72 bits per heavy atom. The molecule has 2 heterocycles. The second-order valence-corrected chi connectivity index (χ2v) is 5.25. The molecule has 2 aliphatic rings. The molecule has 2 saturated heterocycles. The predicted octanol–water partition coefficient (Wildman–Crippen LogP) is 2.86. The van der Waals surface area contributed by atoms with E-state index in [1.807, 2.05) is 30.3 Å². The first kappa shape index (κ1) is 11.7. The highest BCUT2D eigenvalue weighted by Crippen LogP contribution is 2.41. The third kappa shape index (κ3) is 2.15. The molecule has 18 heavy (non-hydrogen) atoms. The van der Waals surface area contributed by atoms with Gasteiger partial charge in [0.05, 0.1) is 18.6 Å². The first-order chi connectivity index (χ1) is 8.74. The molecule has 0 amide bonds. The van der Waals surface area contributed by atoms with Crippen molar-refractivity contribution < 1.29 is 14.3 Å². The summed E-state index contributed by atoms with van der Waals surface area (Å²) in [5.74, 6) is 0.167. The van der Waals surface area contributed by atoms with Crippen molar-refractivity contribution in [2.75, 3.05) is 0 Å². The highest BCUT2D eigenvalue weighted by atomic mass is 16.6. The van der Waals surface area contributed by atoms with Crippen LogP contribution in [0.25, 0.3) is 0 Å². The zero-order valence-electron chi connectivity index (χ0n) is 10.5. The fourth-order valence-electron chi connectivity index (χ4n) is 3.03. The van der Waals surface area contributed by atoms with Crippen LogP contribution in [0.4, 0.5) is 0 Å². The highest BCUT2D eigenvalue weighted by Gasteiger charge is 2.42. The van der Waals surface area contributed by atoms with Crippen LogP contribution in [0.5, 0.6) is 0 Å². The van der Waals surface area contributed by atoms with Crippen LogP contribution in [0.2, 0.25) is 0 Å². The van der Waals surface area contributed by atoms with E-state index in [0.29, 0.717) is 12.3 Å². The number of rotatable bonds is 1. The third-order valence-electron chi connectivity index (χ3n) is 3.93. The molecule has 0 aliphatic carbocycles. The van der Waals surface area contributed by atoms with Gasteiger partial charge in [0, 0.05) is 5.92 Å². The van der Waals surface area contributed by atoms with Gasteiger partial charge in [-0.2, -0.15) is 0 Å². The van der Waals surface area contributed by atoms with Crippen molar-refractivity contribution in [1.82, 2.24) is 0 Å². The molecular weight excluding hydrogens is 228 g/mol. The van der Waals surface area contributed by atoms with E-state index >= 15 is 0 Å². The number of carbonyl (C=O) groups is 1. The van der Waals surface area contributed by atoms with Crippen LogP contribution in [-0.2, 0) is 14.3 Å². The quantitative estimate of drug-likeness (QED) is 0.715. The van der Waals surface area contributed by atoms with E-state index in [-0.39, 0.29) is 24.3 Å². The summed E-state index contributed by atoms with van der Waals surface area (Å²) in [6.45, 7) is 2.08. The molecule has 1 aromatic rings. The molecule has 2 aliphatic heterocycles. The van der Waals surface area contributed by atoms with Gasteiger partial charge >= 0.3 is 5.97 Å². The van der Waals surface area contributed by atoms with E-state index in [0.717, 1.165) is 18.4 Å². The molecule has 0 bridgehead atoms. The Balaban J connectivity index is 1.87. The van der Waals surface area contributed by atoms with Gasteiger partial charge in [-0.1, -0.05) is 30.3 Å². The van der Waals surface area contributed by atoms with Gasteiger partial charge in [-0.25, -0.2) is 0 Å². The smallest absolute Gasteiger partial charge is 0.309 e. The van der Waals surface area contributed by atoms with Gasteiger partial charge in [0.25, 0.3) is 0 Å². The summed E-state index contributed by atoms with van der Waals surface area (Å²) in [7, 11) is 0. The zero-order chi connectivity index (χ0) is 12.5. The van der Waals surface area contributed by atoms with Gasteiger partial charge < -0.3 is 9.47 Å². The maximum absolute atomic E-state index is 11.7. The van der Waals surface area contributed by atoms with Gasteiger partial charge in [-0.15, -0.1) is 0 Å². The first-order valence-corrected chi connectivity index (χ1v) is 6.64. The highest BCUT2D eigenvalue weighted by molar-refractivity contribution is 5.71. The Morgan fingerprint density at radius 2 is 1.94 bits per heavy atom. The number of esters is 1. The molecule has 4 atom stereocenters. The SMILES string of the molecule is C[C@@H]1CC[C@@H]2[C@H](CC(=O)O[C@H]2c2ccccc2)O1. The monoisotopic (exact) mass is 246 g/mol. The minimum atomic E-state index is -0.140. The molecule has 3 rings (SSSR count). The average Bonchev–Trinajstić information content (AvgIpc) is 2.38. The Hall–Kier alpha value is -1.35. The van der Waals surface area contributed by atoms with Gasteiger partial charge in [-0.05, 0) is 25.3 Å². The maximum Gasteiger partial charge on any atom is 0.309 e. The van der Waals surface area contributed by atoms with E-state index in [1.54, 1.807) is 0 Å². The van der Waals surface area contributed by atoms with Crippen molar-refractivity contribution in [2.45, 2.75) is 44.5 Å². The Bertz CT molecular complexity index is 429. The summed E-state index contributed by atoms with van der Waals surface area (Å²) in [6, 6.07) is 10.00. The summed E-state index contributed by atoms with van der Waals surface area (Å²) in [4.78, 5) is 11.7. The fraction of sp³-hybridized carbons (Fsp3) is 0.533. The maximum atomic E-state index is 11.7. The zero-order valence-corrected chi connectivity index (χ0v) is 10.5. The number of cyclic esters (lactones) is 1. The number of ether oxygens (including phenoxy) is 2. The predicted molar refractivity (Wildman–Crippen MR) is 67.0 cm³/mol. The molecule has 0 saturated carbocycles. The minimum absolute atomic E-state index is 0.0280. The van der Waals surface area contributed by atoms with Crippen LogP contribution >= 0.6 is 0 Å². The first-order valence-electron chi connectivity index (χ1n) is 6.64. The lowest BCUT2D eigenvalue weighted by Crippen LogP contribution is -2.43. The summed E-state index contributed by atoms with van der Waals surface area (Å²) < 4.78 is 11.5. The molecular formula is C15H18O3. The molecule has 3 heteroatoms. The molecule has 0 N–H and O–H groups in total. The van der Waals surface area contributed by atoms with E-state index in [4.69, 9.17) is 9.47 Å². The van der Waals surface area contributed by atoms with E-state index in [1.165, 1.54) is 0 Å². The van der Waals surface area contributed by atoms with Crippen molar-refractivity contribution >= 4 is 5.97 Å². The summed E-state index contributed by atoms with van der Waals surface area (Å²) in [5, 5.41) is 0. The van der Waals surface area contributed by atoms with Crippen molar-refractivity contribution in [3.63, 3.8) is 0 Å². The second-order valence-electron chi connectivity index (χ2n) is 5.25. The minimum Gasteiger partial charge on any atom is -0.457 e. The largest absolute Gasteiger partial charge is 0.457 e. The van der Waals surface area contributed by atoms with E-state index in [9.17, 15) is 4.79 Å². The topological polar surface area (TPSA) is 35.5 Å². The van der Waals surface area contributed by atoms with Crippen LogP contribution in [-0.4, -0.2) is 18.2 Å². The van der Waals surface area contributed by atoms with E-state index in [2.05, 4.69) is 6.92 Å². The van der Waals surface area contributed by atoms with Gasteiger partial charge in [0.1, 0.15) is 6.10 Å². The van der Waals surface area contributed by atoms with Crippen LogP contribution in [0, 0.1) is 5.92 Å². The van der Waals surface area contributed by atoms with Gasteiger partial charge in [-0.3, -0.25) is 4.79 Å². The van der Waals surface area contributed by atoms with Crippen molar-refractivity contribution in [3.8, 4) is 0 Å². The normalized spacial score (nSPS) is 35.7. The Kier molecular flexibility index (Phi) is 3.08. The van der Waals surface area contributed by atoms with Crippen LogP contribution < -0.4 is 0 Å². The van der Waals surface area contributed by atoms with Crippen molar-refractivity contribution in [1.29, 1.82) is 0 Å².